The molecule has 0 spiro atoms. The standard InChI is InChI=1S/C28H21F2N7O/c1-14(2)28(38)33-18-11-16(12-31-13-18)19-7-8-21-22(23(19)30)25(37-36-21)27-34-24-20(9-10-32-26(24)35-27)15-3-5-17(29)6-4-15/h3-14H,1-2H3,(H,33,38)(H,36,37)(H,32,34,35). The zero-order chi connectivity index (χ0) is 26.4. The van der Waals surface area contributed by atoms with Crippen LogP contribution in [0.2, 0.25) is 0 Å². The number of carbonyl (C=O) groups excluding carboxylic acids is 1. The Balaban J connectivity index is 1.45. The van der Waals surface area contributed by atoms with Gasteiger partial charge in [-0.1, -0.05) is 26.0 Å². The van der Waals surface area contributed by atoms with E-state index < -0.39 is 5.82 Å². The molecule has 0 bridgehead atoms. The quantitative estimate of drug-likeness (QED) is 0.260. The number of hydrogen-bond donors (Lipinski definition) is 3. The SMILES string of the molecule is CC(C)C(=O)Nc1cncc(-c2ccc3[nH]nc(-c4nc5c(-c6ccc(F)cc6)ccnc5[nH]4)c3c2F)c1. The monoisotopic (exact) mass is 509 g/mol. The number of imidazole rings is 1. The number of anilines is 1. The third kappa shape index (κ3) is 4.05. The molecule has 0 fully saturated rings. The summed E-state index contributed by atoms with van der Waals surface area (Å²) >= 11 is 0. The molecule has 6 aromatic rings. The summed E-state index contributed by atoms with van der Waals surface area (Å²) in [4.78, 5) is 28.5. The topological polar surface area (TPSA) is 112 Å². The van der Waals surface area contributed by atoms with Crippen LogP contribution in [0, 0.1) is 17.6 Å². The van der Waals surface area contributed by atoms with Crippen LogP contribution in [0.5, 0.6) is 0 Å². The van der Waals surface area contributed by atoms with Crippen LogP contribution in [0.1, 0.15) is 13.8 Å². The van der Waals surface area contributed by atoms with E-state index in [9.17, 15) is 9.18 Å². The first-order valence-corrected chi connectivity index (χ1v) is 11.9. The predicted octanol–water partition coefficient (Wildman–Crippen LogP) is 6.10. The van der Waals surface area contributed by atoms with E-state index in [0.717, 1.165) is 11.1 Å². The summed E-state index contributed by atoms with van der Waals surface area (Å²) in [5, 5.41) is 10.2. The van der Waals surface area contributed by atoms with Crippen LogP contribution < -0.4 is 5.32 Å². The van der Waals surface area contributed by atoms with E-state index in [1.807, 2.05) is 0 Å². The zero-order valence-electron chi connectivity index (χ0n) is 20.4. The molecule has 1 amide bonds. The van der Waals surface area contributed by atoms with Gasteiger partial charge in [-0.15, -0.1) is 0 Å². The Morgan fingerprint density at radius 1 is 0.974 bits per heavy atom. The highest BCUT2D eigenvalue weighted by Crippen LogP contribution is 2.35. The first-order chi connectivity index (χ1) is 18.4. The fourth-order valence-corrected chi connectivity index (χ4v) is 4.29. The summed E-state index contributed by atoms with van der Waals surface area (Å²) in [7, 11) is 0. The summed E-state index contributed by atoms with van der Waals surface area (Å²) in [6, 6.07) is 12.9. The molecule has 0 radical (unpaired) electrons. The fourth-order valence-electron chi connectivity index (χ4n) is 4.29. The summed E-state index contributed by atoms with van der Waals surface area (Å²) in [5.74, 6) is -0.871. The van der Waals surface area contributed by atoms with Gasteiger partial charge in [0.2, 0.25) is 5.91 Å². The predicted molar refractivity (Wildman–Crippen MR) is 141 cm³/mol. The smallest absolute Gasteiger partial charge is 0.226 e. The second kappa shape index (κ2) is 9.15. The second-order valence-corrected chi connectivity index (χ2v) is 9.18. The Hall–Kier alpha value is -4.99. The fraction of sp³-hybridized carbons (Fsp3) is 0.107. The first kappa shape index (κ1) is 23.4. The molecule has 188 valence electrons. The lowest BCUT2D eigenvalue weighted by molar-refractivity contribution is -0.118. The summed E-state index contributed by atoms with van der Waals surface area (Å²) in [6.07, 6.45) is 4.68. The maximum atomic E-state index is 16.0. The molecule has 0 atom stereocenters. The summed E-state index contributed by atoms with van der Waals surface area (Å²) in [6.45, 7) is 3.58. The Morgan fingerprint density at radius 3 is 2.58 bits per heavy atom. The molecule has 10 heteroatoms. The number of rotatable bonds is 5. The molecule has 0 aliphatic rings. The van der Waals surface area contributed by atoms with Gasteiger partial charge in [0.1, 0.15) is 22.8 Å². The van der Waals surface area contributed by atoms with Gasteiger partial charge < -0.3 is 10.3 Å². The number of aromatic nitrogens is 6. The highest BCUT2D eigenvalue weighted by atomic mass is 19.1. The number of carbonyl (C=O) groups is 1. The third-order valence-corrected chi connectivity index (χ3v) is 6.27. The number of hydrogen-bond acceptors (Lipinski definition) is 5. The average molecular weight is 510 g/mol. The summed E-state index contributed by atoms with van der Waals surface area (Å²) in [5.41, 5.74) is 4.64. The van der Waals surface area contributed by atoms with Crippen LogP contribution in [0.15, 0.2) is 67.1 Å². The van der Waals surface area contributed by atoms with E-state index in [1.54, 1.807) is 56.4 Å². The highest BCUT2D eigenvalue weighted by Gasteiger charge is 2.21. The second-order valence-electron chi connectivity index (χ2n) is 9.18. The molecular weight excluding hydrogens is 488 g/mol. The van der Waals surface area contributed by atoms with Crippen molar-refractivity contribution in [3.05, 3.63) is 78.8 Å². The molecular formula is C28H21F2N7O. The van der Waals surface area contributed by atoms with Crippen molar-refractivity contribution >= 4 is 33.7 Å². The summed E-state index contributed by atoms with van der Waals surface area (Å²) < 4.78 is 29.5. The van der Waals surface area contributed by atoms with Gasteiger partial charge in [-0.2, -0.15) is 5.10 Å². The molecule has 6 rings (SSSR count). The number of H-pyrrole nitrogens is 2. The van der Waals surface area contributed by atoms with Crippen LogP contribution >= 0.6 is 0 Å². The number of fused-ring (bicyclic) bond motifs is 2. The molecule has 8 nitrogen and oxygen atoms in total. The van der Waals surface area contributed by atoms with Crippen LogP contribution in [0.3, 0.4) is 0 Å². The Labute approximate surface area is 215 Å². The number of nitrogens with one attached hydrogen (secondary N) is 3. The van der Waals surface area contributed by atoms with Crippen LogP contribution in [0.4, 0.5) is 14.5 Å². The van der Waals surface area contributed by atoms with Crippen molar-refractivity contribution in [1.82, 2.24) is 30.1 Å². The number of nitrogens with zero attached hydrogens (tertiary/aromatic N) is 4. The number of pyridine rings is 2. The van der Waals surface area contributed by atoms with Crippen molar-refractivity contribution < 1.29 is 13.6 Å². The van der Waals surface area contributed by atoms with Crippen molar-refractivity contribution in [2.45, 2.75) is 13.8 Å². The number of aromatic amines is 2. The van der Waals surface area contributed by atoms with Crippen LogP contribution in [0.25, 0.3) is 55.8 Å². The van der Waals surface area contributed by atoms with Crippen molar-refractivity contribution in [2.24, 2.45) is 5.92 Å². The Bertz CT molecular complexity index is 1820. The lowest BCUT2D eigenvalue weighted by Gasteiger charge is -2.10. The number of amides is 1. The highest BCUT2D eigenvalue weighted by molar-refractivity contribution is 5.98. The maximum absolute atomic E-state index is 16.0. The maximum Gasteiger partial charge on any atom is 0.226 e. The molecule has 4 heterocycles. The first-order valence-electron chi connectivity index (χ1n) is 11.9. The van der Waals surface area contributed by atoms with Gasteiger partial charge in [-0.05, 0) is 42.0 Å². The normalized spacial score (nSPS) is 11.5. The van der Waals surface area contributed by atoms with Crippen molar-refractivity contribution in [3.8, 4) is 33.8 Å². The molecule has 0 aliphatic carbocycles. The van der Waals surface area contributed by atoms with E-state index in [0.29, 0.717) is 45.0 Å². The molecule has 0 aliphatic heterocycles. The number of halogens is 2. The minimum atomic E-state index is -0.507. The minimum Gasteiger partial charge on any atom is -0.324 e. The average Bonchev–Trinajstić information content (AvgIpc) is 3.54. The van der Waals surface area contributed by atoms with Crippen LogP contribution in [-0.2, 0) is 4.79 Å². The van der Waals surface area contributed by atoms with Crippen LogP contribution in [-0.4, -0.2) is 36.0 Å². The molecule has 0 saturated heterocycles. The largest absolute Gasteiger partial charge is 0.324 e. The minimum absolute atomic E-state index is 0.157. The van der Waals surface area contributed by atoms with E-state index in [1.165, 1.54) is 24.5 Å². The number of benzene rings is 2. The molecule has 0 unspecified atom stereocenters. The van der Waals surface area contributed by atoms with Gasteiger partial charge >= 0.3 is 0 Å². The van der Waals surface area contributed by atoms with E-state index in [2.05, 4.69) is 30.5 Å². The Kier molecular flexibility index (Phi) is 5.64. The molecule has 38 heavy (non-hydrogen) atoms. The Morgan fingerprint density at radius 2 is 1.79 bits per heavy atom. The molecule has 0 saturated carbocycles. The lowest BCUT2D eigenvalue weighted by atomic mass is 10.0. The van der Waals surface area contributed by atoms with E-state index >= 15 is 4.39 Å². The molecule has 3 N–H and O–H groups in total. The molecule has 4 aromatic heterocycles. The van der Waals surface area contributed by atoms with Gasteiger partial charge in [0.25, 0.3) is 0 Å². The van der Waals surface area contributed by atoms with E-state index in [4.69, 9.17) is 4.98 Å². The van der Waals surface area contributed by atoms with Gasteiger partial charge in [-0.3, -0.25) is 14.9 Å². The van der Waals surface area contributed by atoms with Crippen molar-refractivity contribution in [1.29, 1.82) is 0 Å². The van der Waals surface area contributed by atoms with Gasteiger partial charge in [0, 0.05) is 35.0 Å². The zero-order valence-corrected chi connectivity index (χ0v) is 20.4. The lowest BCUT2D eigenvalue weighted by Crippen LogP contribution is -2.17. The van der Waals surface area contributed by atoms with Gasteiger partial charge in [0.05, 0.1) is 22.8 Å². The molecule has 2 aromatic carbocycles. The third-order valence-electron chi connectivity index (χ3n) is 6.27. The van der Waals surface area contributed by atoms with Gasteiger partial charge in [0.15, 0.2) is 11.5 Å². The van der Waals surface area contributed by atoms with Crippen molar-refractivity contribution in [3.63, 3.8) is 0 Å². The van der Waals surface area contributed by atoms with Crippen molar-refractivity contribution in [2.75, 3.05) is 5.32 Å². The van der Waals surface area contributed by atoms with Gasteiger partial charge in [-0.25, -0.2) is 18.7 Å². The van der Waals surface area contributed by atoms with E-state index in [-0.39, 0.29) is 23.0 Å².